The number of halogens is 4. The van der Waals surface area contributed by atoms with E-state index in [1.54, 1.807) is 12.3 Å². The lowest BCUT2D eigenvalue weighted by Crippen LogP contribution is -2.19. The van der Waals surface area contributed by atoms with Crippen LogP contribution in [0.1, 0.15) is 11.1 Å². The Hall–Kier alpha value is -3.19. The first-order chi connectivity index (χ1) is 16.3. The van der Waals surface area contributed by atoms with Crippen molar-refractivity contribution in [1.29, 1.82) is 0 Å². The van der Waals surface area contributed by atoms with Gasteiger partial charge >= 0.3 is 6.36 Å². The maximum absolute atomic E-state index is 12.4. The lowest BCUT2D eigenvalue weighted by Gasteiger charge is -2.08. The average molecular weight is 583 g/mol. The number of benzene rings is 2. The van der Waals surface area contributed by atoms with E-state index in [-0.39, 0.29) is 23.0 Å². The van der Waals surface area contributed by atoms with Crippen LogP contribution in [0.15, 0.2) is 76.2 Å². The number of alkyl halides is 3. The largest absolute Gasteiger partial charge is 0.573 e. The van der Waals surface area contributed by atoms with Crippen molar-refractivity contribution < 1.29 is 25.5 Å². The summed E-state index contributed by atoms with van der Waals surface area (Å²) in [5, 5.41) is 3.89. The molecule has 7 nitrogen and oxygen atoms in total. The van der Waals surface area contributed by atoms with Gasteiger partial charge in [-0.1, -0.05) is 29.4 Å². The van der Waals surface area contributed by atoms with Crippen LogP contribution in [0.4, 0.5) is 13.2 Å². The van der Waals surface area contributed by atoms with Gasteiger partial charge in [-0.3, -0.25) is 4.79 Å². The summed E-state index contributed by atoms with van der Waals surface area (Å²) in [7, 11) is 0. The molecular formula is C23H17F3IN3O4. The highest BCUT2D eigenvalue weighted by Crippen LogP contribution is 2.26. The number of ether oxygens (including phenoxy) is 1. The maximum atomic E-state index is 12.4. The third-order valence-electron chi connectivity index (χ3n) is 4.81. The Morgan fingerprint density at radius 2 is 1.74 bits per heavy atom. The molecule has 176 valence electrons. The normalized spacial score (nSPS) is 11.5. The molecule has 0 aliphatic heterocycles. The van der Waals surface area contributed by atoms with Gasteiger partial charge in [0.2, 0.25) is 5.82 Å². The topological polar surface area (TPSA) is 79.4 Å². The summed E-state index contributed by atoms with van der Waals surface area (Å²) in [5.74, 6) is 0.0155. The van der Waals surface area contributed by atoms with Crippen LogP contribution in [0.3, 0.4) is 0 Å². The third kappa shape index (κ3) is 6.23. The lowest BCUT2D eigenvalue weighted by atomic mass is 10.1. The molecule has 0 atom stereocenters. The molecule has 0 unspecified atom stereocenters. The molecule has 0 amide bonds. The number of hydrogen-bond donors (Lipinski definition) is 0. The second-order valence-electron chi connectivity index (χ2n) is 7.26. The van der Waals surface area contributed by atoms with Gasteiger partial charge in [-0.25, -0.2) is 0 Å². The molecule has 0 saturated heterocycles. The van der Waals surface area contributed by atoms with Gasteiger partial charge in [-0.15, -0.1) is 13.2 Å². The molecule has 2 heterocycles. The van der Waals surface area contributed by atoms with Gasteiger partial charge < -0.3 is 16.9 Å². The number of nitrogens with zero attached hydrogens (tertiary/aromatic N) is 3. The van der Waals surface area contributed by atoms with E-state index < -0.39 is 6.36 Å². The van der Waals surface area contributed by atoms with Crippen molar-refractivity contribution in [2.75, 3.05) is 6.61 Å². The molecule has 0 aliphatic rings. The van der Waals surface area contributed by atoms with Crippen molar-refractivity contribution in [3.63, 3.8) is 0 Å². The molecule has 34 heavy (non-hydrogen) atoms. The SMILES string of the molecule is O=c1ccc(-c2nc(-c3ccc(OC(F)(F)F)cc3)no2)cn1Cc1cccc(CCOI)c1. The van der Waals surface area contributed by atoms with E-state index in [0.717, 1.165) is 17.5 Å². The van der Waals surface area contributed by atoms with Crippen LogP contribution in [0.5, 0.6) is 5.75 Å². The van der Waals surface area contributed by atoms with E-state index in [9.17, 15) is 18.0 Å². The first-order valence-corrected chi connectivity index (χ1v) is 10.9. The highest BCUT2D eigenvalue weighted by atomic mass is 127. The average Bonchev–Trinajstić information content (AvgIpc) is 3.29. The highest BCUT2D eigenvalue weighted by molar-refractivity contribution is 14.1. The second-order valence-corrected chi connectivity index (χ2v) is 7.89. The van der Waals surface area contributed by atoms with Gasteiger partial charge in [0.15, 0.2) is 0 Å². The van der Waals surface area contributed by atoms with Crippen LogP contribution in [-0.4, -0.2) is 27.7 Å². The molecular weight excluding hydrogens is 566 g/mol. The summed E-state index contributed by atoms with van der Waals surface area (Å²) in [4.78, 5) is 16.7. The Balaban J connectivity index is 1.53. The van der Waals surface area contributed by atoms with Gasteiger partial charge in [0.1, 0.15) is 28.8 Å². The Labute approximate surface area is 205 Å². The van der Waals surface area contributed by atoms with Crippen LogP contribution in [0.25, 0.3) is 22.8 Å². The fourth-order valence-corrected chi connectivity index (χ4v) is 3.50. The maximum Gasteiger partial charge on any atom is 0.573 e. The molecule has 2 aromatic heterocycles. The number of aromatic nitrogens is 3. The summed E-state index contributed by atoms with van der Waals surface area (Å²) in [6.07, 6.45) is -2.38. The summed E-state index contributed by atoms with van der Waals surface area (Å²) in [5.41, 5.74) is 2.85. The molecule has 0 N–H and O–H groups in total. The Morgan fingerprint density at radius 3 is 2.47 bits per heavy atom. The van der Waals surface area contributed by atoms with Crippen molar-refractivity contribution in [3.8, 4) is 28.6 Å². The van der Waals surface area contributed by atoms with E-state index in [2.05, 4.69) is 14.9 Å². The summed E-state index contributed by atoms with van der Waals surface area (Å²) < 4.78 is 52.8. The molecule has 0 fully saturated rings. The fourth-order valence-electron chi connectivity index (χ4n) is 3.28. The quantitative estimate of drug-likeness (QED) is 0.258. The van der Waals surface area contributed by atoms with Crippen LogP contribution in [0.2, 0.25) is 0 Å². The highest BCUT2D eigenvalue weighted by Gasteiger charge is 2.31. The van der Waals surface area contributed by atoms with Crippen LogP contribution >= 0.6 is 23.0 Å². The van der Waals surface area contributed by atoms with E-state index in [0.29, 0.717) is 24.3 Å². The Bertz CT molecular complexity index is 1320. The number of pyridine rings is 1. The van der Waals surface area contributed by atoms with Crippen molar-refractivity contribution in [2.45, 2.75) is 19.3 Å². The van der Waals surface area contributed by atoms with Crippen LogP contribution in [0, 0.1) is 0 Å². The van der Waals surface area contributed by atoms with E-state index >= 15 is 0 Å². The summed E-state index contributed by atoms with van der Waals surface area (Å²) in [6, 6.07) is 16.0. The molecule has 0 aliphatic carbocycles. The standard InChI is InChI=1S/C23H17F3IN3O4/c24-23(25,26)33-19-7-4-17(5-8-19)21-28-22(34-29-21)18-6-9-20(31)30(14-18)13-16-3-1-2-15(12-16)10-11-32-27/h1-9,12,14H,10-11,13H2. The Kier molecular flexibility index (Phi) is 7.32. The molecule has 0 saturated carbocycles. The van der Waals surface area contributed by atoms with Crippen molar-refractivity contribution >= 4 is 23.0 Å². The van der Waals surface area contributed by atoms with E-state index in [1.165, 1.54) is 34.9 Å². The Morgan fingerprint density at radius 1 is 1.00 bits per heavy atom. The first-order valence-electron chi connectivity index (χ1n) is 10.0. The van der Waals surface area contributed by atoms with Gasteiger partial charge in [-0.2, -0.15) is 4.98 Å². The minimum absolute atomic E-state index is 0.173. The predicted octanol–water partition coefficient (Wildman–Crippen LogP) is 5.42. The van der Waals surface area contributed by atoms with Crippen LogP contribution < -0.4 is 10.3 Å². The molecule has 0 spiro atoms. The molecule has 2 aromatic carbocycles. The second kappa shape index (κ2) is 10.4. The van der Waals surface area contributed by atoms with E-state index in [4.69, 9.17) is 7.59 Å². The van der Waals surface area contributed by atoms with Crippen molar-refractivity contribution in [1.82, 2.24) is 14.7 Å². The van der Waals surface area contributed by atoms with Gasteiger partial charge in [-0.05, 0) is 47.9 Å². The molecule has 4 aromatic rings. The predicted molar refractivity (Wildman–Crippen MR) is 125 cm³/mol. The lowest BCUT2D eigenvalue weighted by molar-refractivity contribution is -0.274. The number of rotatable bonds is 8. The number of hydrogen-bond acceptors (Lipinski definition) is 6. The fraction of sp³-hybridized carbons (Fsp3) is 0.174. The van der Waals surface area contributed by atoms with Crippen LogP contribution in [-0.2, 0) is 16.0 Å². The first kappa shape index (κ1) is 24.0. The zero-order valence-corrected chi connectivity index (χ0v) is 19.6. The minimum Gasteiger partial charge on any atom is -0.406 e. The zero-order valence-electron chi connectivity index (χ0n) is 17.5. The molecule has 0 bridgehead atoms. The molecule has 4 rings (SSSR count). The smallest absolute Gasteiger partial charge is 0.406 e. The monoisotopic (exact) mass is 583 g/mol. The minimum atomic E-state index is -4.77. The van der Waals surface area contributed by atoms with Crippen molar-refractivity contribution in [2.24, 2.45) is 0 Å². The van der Waals surface area contributed by atoms with Gasteiger partial charge in [0, 0.05) is 17.8 Å². The summed E-state index contributed by atoms with van der Waals surface area (Å²) in [6.45, 7) is 0.949. The molecule has 11 heteroatoms. The van der Waals surface area contributed by atoms with Crippen molar-refractivity contribution in [3.05, 3.63) is 88.3 Å². The van der Waals surface area contributed by atoms with Gasteiger partial charge in [0.25, 0.3) is 11.4 Å². The summed E-state index contributed by atoms with van der Waals surface area (Å²) >= 11 is 1.85. The third-order valence-corrected chi connectivity index (χ3v) is 5.26. The van der Waals surface area contributed by atoms with Gasteiger partial charge in [0.05, 0.1) is 18.7 Å². The molecule has 0 radical (unpaired) electrons. The zero-order chi connectivity index (χ0) is 24.1. The van der Waals surface area contributed by atoms with E-state index in [1.807, 2.05) is 47.3 Å².